The molecule has 1 amide bonds. The monoisotopic (exact) mass is 322 g/mol. The van der Waals surface area contributed by atoms with Gasteiger partial charge < -0.3 is 36.7 Å². The van der Waals surface area contributed by atoms with Crippen molar-refractivity contribution in [3.8, 4) is 0 Å². The molecule has 10 heteroatoms. The van der Waals surface area contributed by atoms with E-state index in [9.17, 15) is 15.0 Å². The number of nitrogens with two attached hydrogens (primary N) is 3. The maximum absolute atomic E-state index is 11.7. The van der Waals surface area contributed by atoms with E-state index in [0.29, 0.717) is 5.82 Å². The molecule has 1 saturated heterocycles. The van der Waals surface area contributed by atoms with Gasteiger partial charge in [0.2, 0.25) is 0 Å². The highest BCUT2D eigenvalue weighted by Crippen LogP contribution is 2.34. The van der Waals surface area contributed by atoms with Gasteiger partial charge in [-0.25, -0.2) is 9.97 Å². The molecule has 0 radical (unpaired) electrons. The van der Waals surface area contributed by atoms with Gasteiger partial charge in [-0.3, -0.25) is 4.79 Å². The first-order valence-electron chi connectivity index (χ1n) is 7.01. The van der Waals surface area contributed by atoms with Crippen LogP contribution < -0.4 is 17.2 Å². The Kier molecular flexibility index (Phi) is 3.68. The van der Waals surface area contributed by atoms with Gasteiger partial charge in [0.1, 0.15) is 35.6 Å². The number of ether oxygens (including phenoxy) is 1. The van der Waals surface area contributed by atoms with Crippen LogP contribution >= 0.6 is 0 Å². The van der Waals surface area contributed by atoms with Crippen LogP contribution in [0.3, 0.4) is 0 Å². The van der Waals surface area contributed by atoms with Gasteiger partial charge in [0.25, 0.3) is 5.91 Å². The van der Waals surface area contributed by atoms with Crippen LogP contribution in [-0.4, -0.2) is 55.5 Å². The van der Waals surface area contributed by atoms with Crippen molar-refractivity contribution in [3.05, 3.63) is 17.6 Å². The molecule has 124 valence electrons. The topological polar surface area (TPSA) is 176 Å². The molecular formula is C13H18N6O4. The summed E-state index contributed by atoms with van der Waals surface area (Å²) >= 11 is 0. The summed E-state index contributed by atoms with van der Waals surface area (Å²) in [5.74, 6) is -0.228. The summed E-state index contributed by atoms with van der Waals surface area (Å²) in [6, 6.07) is 0. The Morgan fingerprint density at radius 2 is 2.09 bits per heavy atom. The molecular weight excluding hydrogens is 304 g/mol. The van der Waals surface area contributed by atoms with Crippen LogP contribution in [0, 0.1) is 6.92 Å². The van der Waals surface area contributed by atoms with E-state index < -0.39 is 30.4 Å². The summed E-state index contributed by atoms with van der Waals surface area (Å²) in [5.41, 5.74) is 17.2. The molecule has 4 atom stereocenters. The van der Waals surface area contributed by atoms with Gasteiger partial charge >= 0.3 is 0 Å². The minimum atomic E-state index is -1.24. The highest BCUT2D eigenvalue weighted by atomic mass is 16.6. The van der Waals surface area contributed by atoms with Crippen LogP contribution in [0.1, 0.15) is 22.4 Å². The second kappa shape index (κ2) is 5.42. The quantitative estimate of drug-likeness (QED) is 0.431. The number of nitrogens with zero attached hydrogens (tertiary/aromatic N) is 3. The molecule has 0 unspecified atom stereocenters. The number of hydrogen-bond donors (Lipinski definition) is 5. The standard InChI is InChI=1S/C13H18N6O4/c1-4-17-10(15)7-5(11(16)22)3-19(12(7)18-4)13-9(21)8(20)6(2-14)23-13/h3,6,8-9,13,20-21H,2,14H2,1H3,(H2,16,22)(H2,15,17,18)/t6-,8-,9-,13-/m1/s1. The average Bonchev–Trinajstić information content (AvgIpc) is 2.99. The molecule has 0 aromatic carbocycles. The first-order valence-corrected chi connectivity index (χ1v) is 7.01. The molecule has 23 heavy (non-hydrogen) atoms. The Hall–Kier alpha value is -2.27. The van der Waals surface area contributed by atoms with Crippen molar-refractivity contribution in [2.45, 2.75) is 31.5 Å². The van der Waals surface area contributed by atoms with Gasteiger partial charge in [0.15, 0.2) is 6.23 Å². The molecule has 1 aliphatic heterocycles. The lowest BCUT2D eigenvalue weighted by Gasteiger charge is -2.17. The minimum absolute atomic E-state index is 0.0345. The van der Waals surface area contributed by atoms with E-state index in [0.717, 1.165) is 0 Å². The number of anilines is 1. The Labute approximate surface area is 130 Å². The number of aliphatic hydroxyl groups is 2. The average molecular weight is 322 g/mol. The third kappa shape index (κ3) is 2.32. The van der Waals surface area contributed by atoms with Crippen molar-refractivity contribution < 1.29 is 19.7 Å². The Balaban J connectivity index is 2.20. The molecule has 1 aliphatic rings. The highest BCUT2D eigenvalue weighted by molar-refractivity contribution is 6.08. The van der Waals surface area contributed by atoms with E-state index in [-0.39, 0.29) is 29.0 Å². The van der Waals surface area contributed by atoms with Crippen LogP contribution in [0.25, 0.3) is 11.0 Å². The van der Waals surface area contributed by atoms with E-state index in [1.54, 1.807) is 6.92 Å². The molecule has 3 rings (SSSR count). The zero-order chi connectivity index (χ0) is 16.9. The fourth-order valence-electron chi connectivity index (χ4n) is 2.82. The summed E-state index contributed by atoms with van der Waals surface area (Å²) in [7, 11) is 0. The smallest absolute Gasteiger partial charge is 0.251 e. The van der Waals surface area contributed by atoms with E-state index in [1.807, 2.05) is 0 Å². The van der Waals surface area contributed by atoms with Crippen molar-refractivity contribution in [2.75, 3.05) is 12.3 Å². The molecule has 0 aliphatic carbocycles. The number of carbonyl (C=O) groups is 1. The lowest BCUT2D eigenvalue weighted by molar-refractivity contribution is -0.0319. The Morgan fingerprint density at radius 3 is 2.65 bits per heavy atom. The van der Waals surface area contributed by atoms with Crippen LogP contribution in [0.5, 0.6) is 0 Å². The number of amides is 1. The maximum Gasteiger partial charge on any atom is 0.251 e. The van der Waals surface area contributed by atoms with Gasteiger partial charge in [-0.15, -0.1) is 0 Å². The van der Waals surface area contributed by atoms with Crippen LogP contribution in [0.15, 0.2) is 6.20 Å². The number of fused-ring (bicyclic) bond motifs is 1. The largest absolute Gasteiger partial charge is 0.387 e. The van der Waals surface area contributed by atoms with Crippen molar-refractivity contribution in [2.24, 2.45) is 11.5 Å². The second-order valence-electron chi connectivity index (χ2n) is 5.45. The number of aryl methyl sites for hydroxylation is 1. The molecule has 2 aromatic heterocycles. The molecule has 10 nitrogen and oxygen atoms in total. The fraction of sp³-hybridized carbons (Fsp3) is 0.462. The molecule has 2 aromatic rings. The van der Waals surface area contributed by atoms with Crippen LogP contribution in [0.2, 0.25) is 0 Å². The lowest BCUT2D eigenvalue weighted by atomic mass is 10.1. The molecule has 0 saturated carbocycles. The van der Waals surface area contributed by atoms with Crippen molar-refractivity contribution in [3.63, 3.8) is 0 Å². The lowest BCUT2D eigenvalue weighted by Crippen LogP contribution is -2.35. The molecule has 0 spiro atoms. The van der Waals surface area contributed by atoms with E-state index >= 15 is 0 Å². The highest BCUT2D eigenvalue weighted by Gasteiger charge is 2.43. The van der Waals surface area contributed by atoms with E-state index in [1.165, 1.54) is 10.8 Å². The number of aliphatic hydroxyl groups excluding tert-OH is 2. The van der Waals surface area contributed by atoms with E-state index in [2.05, 4.69) is 9.97 Å². The summed E-state index contributed by atoms with van der Waals surface area (Å²) in [5, 5.41) is 20.5. The number of rotatable bonds is 3. The number of primary amides is 1. The van der Waals surface area contributed by atoms with Gasteiger partial charge in [-0.2, -0.15) is 0 Å². The van der Waals surface area contributed by atoms with Crippen molar-refractivity contribution in [1.29, 1.82) is 0 Å². The Bertz CT molecular complexity index is 775. The predicted molar refractivity (Wildman–Crippen MR) is 80.2 cm³/mol. The fourth-order valence-corrected chi connectivity index (χ4v) is 2.82. The zero-order valence-electron chi connectivity index (χ0n) is 12.4. The zero-order valence-corrected chi connectivity index (χ0v) is 12.4. The predicted octanol–water partition coefficient (Wildman–Crippen LogP) is -2.00. The van der Waals surface area contributed by atoms with Gasteiger partial charge in [0, 0.05) is 12.7 Å². The minimum Gasteiger partial charge on any atom is -0.387 e. The second-order valence-corrected chi connectivity index (χ2v) is 5.45. The molecule has 0 bridgehead atoms. The first-order chi connectivity index (χ1) is 10.8. The summed E-state index contributed by atoms with van der Waals surface area (Å²) < 4.78 is 7.01. The molecule has 1 fully saturated rings. The van der Waals surface area contributed by atoms with Crippen molar-refractivity contribution >= 4 is 22.8 Å². The third-order valence-corrected chi connectivity index (χ3v) is 3.92. The normalized spacial score (nSPS) is 27.7. The number of hydrogen-bond acceptors (Lipinski definition) is 8. The first kappa shape index (κ1) is 15.6. The van der Waals surface area contributed by atoms with E-state index in [4.69, 9.17) is 21.9 Å². The van der Waals surface area contributed by atoms with Crippen LogP contribution in [-0.2, 0) is 4.74 Å². The van der Waals surface area contributed by atoms with Gasteiger partial charge in [0.05, 0.1) is 10.9 Å². The summed E-state index contributed by atoms with van der Waals surface area (Å²) in [6.07, 6.45) is -2.71. The van der Waals surface area contributed by atoms with Crippen LogP contribution in [0.4, 0.5) is 5.82 Å². The van der Waals surface area contributed by atoms with Crippen molar-refractivity contribution in [1.82, 2.24) is 14.5 Å². The summed E-state index contributed by atoms with van der Waals surface area (Å²) in [4.78, 5) is 19.9. The molecule has 3 heterocycles. The van der Waals surface area contributed by atoms with Gasteiger partial charge in [-0.05, 0) is 6.92 Å². The number of carbonyl (C=O) groups excluding carboxylic acids is 1. The SMILES string of the molecule is Cc1nc(N)c2c(C(N)=O)cn([C@@H]3O[C@H](CN)[C@@H](O)[C@H]3O)c2n1. The third-order valence-electron chi connectivity index (χ3n) is 3.92. The number of nitrogen functional groups attached to an aromatic ring is 1. The maximum atomic E-state index is 11.7. The molecule has 8 N–H and O–H groups in total. The Morgan fingerprint density at radius 1 is 1.39 bits per heavy atom. The summed E-state index contributed by atoms with van der Waals surface area (Å²) in [6.45, 7) is 1.67. The number of aromatic nitrogens is 3. The van der Waals surface area contributed by atoms with Gasteiger partial charge in [-0.1, -0.05) is 0 Å².